The van der Waals surface area contributed by atoms with E-state index in [-0.39, 0.29) is 0 Å². The molecule has 1 unspecified atom stereocenters. The molecule has 0 radical (unpaired) electrons. The van der Waals surface area contributed by atoms with Crippen molar-refractivity contribution < 1.29 is 0 Å². The normalized spacial score (nSPS) is 13.3. The molecule has 2 aromatic rings. The first-order valence-corrected chi connectivity index (χ1v) is 6.60. The summed E-state index contributed by atoms with van der Waals surface area (Å²) >= 11 is 0. The molecule has 0 bridgehead atoms. The van der Waals surface area contributed by atoms with Crippen LogP contribution in [0.1, 0.15) is 37.3 Å². The minimum absolute atomic E-state index is 0.506. The van der Waals surface area contributed by atoms with Crippen molar-refractivity contribution in [2.24, 2.45) is 0 Å². The lowest BCUT2D eigenvalue weighted by Gasteiger charge is -2.12. The molecule has 0 aliphatic carbocycles. The van der Waals surface area contributed by atoms with Crippen molar-refractivity contribution in [1.29, 1.82) is 0 Å². The highest BCUT2D eigenvalue weighted by Gasteiger charge is 2.06. The fourth-order valence-electron chi connectivity index (χ4n) is 2.25. The summed E-state index contributed by atoms with van der Waals surface area (Å²) < 4.78 is 0. The van der Waals surface area contributed by atoms with Crippen LogP contribution in [0.2, 0.25) is 0 Å². The van der Waals surface area contributed by atoms with Crippen molar-refractivity contribution in [2.75, 3.05) is 0 Å². The standard InChI is InChI=1S/C18H20/c1-3-16(18-12-8-5-9-13-18)14-15(2)17-10-6-4-7-11-17/h4-14,16H,3H2,1-2H3/b15-14+. The van der Waals surface area contributed by atoms with Crippen LogP contribution in [0.3, 0.4) is 0 Å². The Bertz CT molecular complexity index is 494. The van der Waals surface area contributed by atoms with E-state index in [0.29, 0.717) is 5.92 Å². The van der Waals surface area contributed by atoms with E-state index in [1.54, 1.807) is 0 Å². The zero-order valence-electron chi connectivity index (χ0n) is 11.1. The third kappa shape index (κ3) is 3.10. The monoisotopic (exact) mass is 236 g/mol. The van der Waals surface area contributed by atoms with Gasteiger partial charge in [0.15, 0.2) is 0 Å². The molecule has 0 aliphatic heterocycles. The van der Waals surface area contributed by atoms with Gasteiger partial charge in [-0.1, -0.05) is 73.7 Å². The van der Waals surface area contributed by atoms with Crippen molar-refractivity contribution in [1.82, 2.24) is 0 Å². The molecule has 1 atom stereocenters. The Labute approximate surface area is 110 Å². The summed E-state index contributed by atoms with van der Waals surface area (Å²) in [6, 6.07) is 21.3. The highest BCUT2D eigenvalue weighted by Crippen LogP contribution is 2.25. The van der Waals surface area contributed by atoms with Crippen LogP contribution >= 0.6 is 0 Å². The Hall–Kier alpha value is -1.82. The first-order chi connectivity index (χ1) is 8.81. The van der Waals surface area contributed by atoms with Gasteiger partial charge in [0.05, 0.1) is 0 Å². The highest BCUT2D eigenvalue weighted by molar-refractivity contribution is 5.64. The second-order valence-corrected chi connectivity index (χ2v) is 4.64. The third-order valence-electron chi connectivity index (χ3n) is 3.35. The van der Waals surface area contributed by atoms with Gasteiger partial charge in [-0.3, -0.25) is 0 Å². The minimum Gasteiger partial charge on any atom is -0.0735 e. The summed E-state index contributed by atoms with van der Waals surface area (Å²) in [5.74, 6) is 0.506. The molecule has 0 N–H and O–H groups in total. The maximum absolute atomic E-state index is 2.38. The number of benzene rings is 2. The molecule has 0 saturated carbocycles. The molecule has 92 valence electrons. The Morgan fingerprint density at radius 2 is 1.50 bits per heavy atom. The minimum atomic E-state index is 0.506. The lowest BCUT2D eigenvalue weighted by Crippen LogP contribution is -1.94. The Kier molecular flexibility index (Phi) is 4.35. The van der Waals surface area contributed by atoms with Gasteiger partial charge in [-0.15, -0.1) is 0 Å². The van der Waals surface area contributed by atoms with Crippen LogP contribution in [-0.2, 0) is 0 Å². The molecule has 0 nitrogen and oxygen atoms in total. The van der Waals surface area contributed by atoms with E-state index < -0.39 is 0 Å². The summed E-state index contributed by atoms with van der Waals surface area (Å²) in [7, 11) is 0. The van der Waals surface area contributed by atoms with Crippen LogP contribution in [0.15, 0.2) is 66.7 Å². The predicted octanol–water partition coefficient (Wildman–Crippen LogP) is 5.28. The van der Waals surface area contributed by atoms with Crippen molar-refractivity contribution >= 4 is 5.57 Å². The number of rotatable bonds is 4. The van der Waals surface area contributed by atoms with E-state index in [1.807, 2.05) is 0 Å². The van der Waals surface area contributed by atoms with Crippen LogP contribution in [0.4, 0.5) is 0 Å². The van der Waals surface area contributed by atoms with Crippen molar-refractivity contribution in [3.8, 4) is 0 Å². The molecule has 0 aliphatic rings. The molecular weight excluding hydrogens is 216 g/mol. The van der Waals surface area contributed by atoms with Gasteiger partial charge in [0.1, 0.15) is 0 Å². The largest absolute Gasteiger partial charge is 0.0735 e. The van der Waals surface area contributed by atoms with Gasteiger partial charge in [-0.25, -0.2) is 0 Å². The predicted molar refractivity (Wildman–Crippen MR) is 79.6 cm³/mol. The molecular formula is C18H20. The van der Waals surface area contributed by atoms with Crippen LogP contribution in [0, 0.1) is 0 Å². The SMILES string of the molecule is CCC(/C=C(\C)c1ccccc1)c1ccccc1. The fourth-order valence-corrected chi connectivity index (χ4v) is 2.25. The fraction of sp³-hybridized carbons (Fsp3) is 0.222. The van der Waals surface area contributed by atoms with Crippen LogP contribution in [-0.4, -0.2) is 0 Å². The summed E-state index contributed by atoms with van der Waals surface area (Å²) in [5, 5.41) is 0. The molecule has 0 heteroatoms. The second-order valence-electron chi connectivity index (χ2n) is 4.64. The van der Waals surface area contributed by atoms with Gasteiger partial charge in [-0.05, 0) is 30.0 Å². The van der Waals surface area contributed by atoms with Gasteiger partial charge < -0.3 is 0 Å². The van der Waals surface area contributed by atoms with E-state index in [0.717, 1.165) is 6.42 Å². The molecule has 2 rings (SSSR count). The molecule has 0 saturated heterocycles. The summed E-state index contributed by atoms with van der Waals surface area (Å²) in [6.07, 6.45) is 3.51. The zero-order valence-corrected chi connectivity index (χ0v) is 11.1. The Morgan fingerprint density at radius 3 is 2.06 bits per heavy atom. The number of hydrogen-bond acceptors (Lipinski definition) is 0. The van der Waals surface area contributed by atoms with Crippen molar-refractivity contribution in [3.05, 3.63) is 77.9 Å². The van der Waals surface area contributed by atoms with Crippen LogP contribution in [0.5, 0.6) is 0 Å². The molecule has 0 fully saturated rings. The maximum atomic E-state index is 2.38. The molecule has 0 heterocycles. The number of hydrogen-bond donors (Lipinski definition) is 0. The van der Waals surface area contributed by atoms with E-state index in [2.05, 4.69) is 80.6 Å². The van der Waals surface area contributed by atoms with Crippen LogP contribution < -0.4 is 0 Å². The lowest BCUT2D eigenvalue weighted by molar-refractivity contribution is 0.806. The molecule has 0 spiro atoms. The second kappa shape index (κ2) is 6.20. The van der Waals surface area contributed by atoms with E-state index in [4.69, 9.17) is 0 Å². The quantitative estimate of drug-likeness (QED) is 0.677. The third-order valence-corrected chi connectivity index (χ3v) is 3.35. The first-order valence-electron chi connectivity index (χ1n) is 6.60. The van der Waals surface area contributed by atoms with Gasteiger partial charge in [0, 0.05) is 5.92 Å². The highest BCUT2D eigenvalue weighted by atomic mass is 14.1. The lowest BCUT2D eigenvalue weighted by atomic mass is 9.92. The molecule has 0 aromatic heterocycles. The van der Waals surface area contributed by atoms with E-state index in [9.17, 15) is 0 Å². The Morgan fingerprint density at radius 1 is 0.944 bits per heavy atom. The van der Waals surface area contributed by atoms with Crippen LogP contribution in [0.25, 0.3) is 5.57 Å². The summed E-state index contributed by atoms with van der Waals surface area (Å²) in [4.78, 5) is 0. The Balaban J connectivity index is 2.25. The van der Waals surface area contributed by atoms with Gasteiger partial charge in [-0.2, -0.15) is 0 Å². The summed E-state index contributed by atoms with van der Waals surface area (Å²) in [5.41, 5.74) is 4.06. The van der Waals surface area contributed by atoms with E-state index >= 15 is 0 Å². The topological polar surface area (TPSA) is 0 Å². The molecule has 0 amide bonds. The van der Waals surface area contributed by atoms with Crippen molar-refractivity contribution in [3.63, 3.8) is 0 Å². The molecule has 18 heavy (non-hydrogen) atoms. The zero-order chi connectivity index (χ0) is 12.8. The average Bonchev–Trinajstić information content (AvgIpc) is 2.46. The number of allylic oxidation sites excluding steroid dienone is 2. The molecule has 2 aromatic carbocycles. The van der Waals surface area contributed by atoms with E-state index in [1.165, 1.54) is 16.7 Å². The first kappa shape index (κ1) is 12.6. The maximum Gasteiger partial charge on any atom is 0.00212 e. The average molecular weight is 236 g/mol. The smallest absolute Gasteiger partial charge is 0.00212 e. The van der Waals surface area contributed by atoms with Gasteiger partial charge in [0.25, 0.3) is 0 Å². The van der Waals surface area contributed by atoms with Gasteiger partial charge in [0.2, 0.25) is 0 Å². The van der Waals surface area contributed by atoms with Crippen molar-refractivity contribution in [2.45, 2.75) is 26.2 Å². The van der Waals surface area contributed by atoms with Gasteiger partial charge >= 0.3 is 0 Å². The summed E-state index contributed by atoms with van der Waals surface area (Å²) in [6.45, 7) is 4.44.